The number of ether oxygens (including phenoxy) is 2. The first-order chi connectivity index (χ1) is 15.5. The summed E-state index contributed by atoms with van der Waals surface area (Å²) in [6, 6.07) is 18.6. The number of methoxy groups -OCH3 is 1. The first-order valence-corrected chi connectivity index (χ1v) is 11.3. The van der Waals surface area contributed by atoms with Gasteiger partial charge in [-0.15, -0.1) is 0 Å². The lowest BCUT2D eigenvalue weighted by Gasteiger charge is -2.30. The van der Waals surface area contributed by atoms with Crippen LogP contribution in [0.25, 0.3) is 0 Å². The predicted molar refractivity (Wildman–Crippen MR) is 124 cm³/mol. The largest absolute Gasteiger partial charge is 0.459 e. The van der Waals surface area contributed by atoms with Crippen LogP contribution in [0, 0.1) is 5.92 Å². The van der Waals surface area contributed by atoms with Gasteiger partial charge in [0, 0.05) is 19.1 Å². The number of carbonyl (C=O) groups excluding carboxylic acids is 2. The Labute approximate surface area is 190 Å². The quantitative estimate of drug-likeness (QED) is 0.556. The van der Waals surface area contributed by atoms with E-state index in [1.807, 2.05) is 74.5 Å². The Morgan fingerprint density at radius 2 is 1.72 bits per heavy atom. The van der Waals surface area contributed by atoms with E-state index < -0.39 is 17.9 Å². The highest BCUT2D eigenvalue weighted by molar-refractivity contribution is 5.86. The third-order valence-corrected chi connectivity index (χ3v) is 6.27. The SMILES string of the molecule is COC(C1CCCN1)C(C)C(=O)NC(C(=O)OCc1ccccc1)C(C)c1ccccc1. The molecule has 6 nitrogen and oxygen atoms in total. The Morgan fingerprint density at radius 1 is 1.06 bits per heavy atom. The molecule has 3 rings (SSSR count). The van der Waals surface area contributed by atoms with Crippen LogP contribution in [0.1, 0.15) is 43.7 Å². The van der Waals surface area contributed by atoms with Crippen molar-refractivity contribution in [3.05, 3.63) is 71.8 Å². The fraction of sp³-hybridized carbons (Fsp3) is 0.462. The van der Waals surface area contributed by atoms with Crippen molar-refractivity contribution < 1.29 is 19.1 Å². The Balaban J connectivity index is 1.73. The summed E-state index contributed by atoms with van der Waals surface area (Å²) < 4.78 is 11.3. The molecular formula is C26H34N2O4. The Bertz CT molecular complexity index is 853. The van der Waals surface area contributed by atoms with Gasteiger partial charge in [0.15, 0.2) is 0 Å². The highest BCUT2D eigenvalue weighted by Gasteiger charge is 2.36. The molecule has 32 heavy (non-hydrogen) atoms. The molecule has 0 aromatic heterocycles. The molecule has 2 N–H and O–H groups in total. The second-order valence-electron chi connectivity index (χ2n) is 8.47. The van der Waals surface area contributed by atoms with E-state index in [9.17, 15) is 9.59 Å². The van der Waals surface area contributed by atoms with E-state index in [0.717, 1.165) is 30.5 Å². The molecule has 1 heterocycles. The average molecular weight is 439 g/mol. The summed E-state index contributed by atoms with van der Waals surface area (Å²) in [5.41, 5.74) is 1.86. The summed E-state index contributed by atoms with van der Waals surface area (Å²) in [5, 5.41) is 6.38. The van der Waals surface area contributed by atoms with Crippen molar-refractivity contribution in [1.29, 1.82) is 0 Å². The number of esters is 1. The van der Waals surface area contributed by atoms with Gasteiger partial charge < -0.3 is 20.1 Å². The molecule has 172 valence electrons. The molecule has 5 unspecified atom stereocenters. The van der Waals surface area contributed by atoms with Crippen molar-refractivity contribution in [3.63, 3.8) is 0 Å². The smallest absolute Gasteiger partial charge is 0.329 e. The van der Waals surface area contributed by atoms with E-state index in [1.165, 1.54) is 0 Å². The molecule has 0 aliphatic carbocycles. The maximum atomic E-state index is 13.2. The van der Waals surface area contributed by atoms with E-state index in [1.54, 1.807) is 7.11 Å². The summed E-state index contributed by atoms with van der Waals surface area (Å²) in [6.07, 6.45) is 1.78. The van der Waals surface area contributed by atoms with Gasteiger partial charge in [-0.3, -0.25) is 4.79 Å². The number of amides is 1. The molecule has 2 aromatic rings. The molecule has 5 atom stereocenters. The first-order valence-electron chi connectivity index (χ1n) is 11.3. The Kier molecular flexibility index (Phi) is 8.82. The van der Waals surface area contributed by atoms with Gasteiger partial charge in [0.05, 0.1) is 12.0 Å². The van der Waals surface area contributed by atoms with Gasteiger partial charge in [-0.25, -0.2) is 4.79 Å². The molecule has 1 saturated heterocycles. The van der Waals surface area contributed by atoms with Gasteiger partial charge in [-0.2, -0.15) is 0 Å². The van der Waals surface area contributed by atoms with Gasteiger partial charge in [0.25, 0.3) is 0 Å². The highest BCUT2D eigenvalue weighted by Crippen LogP contribution is 2.23. The number of rotatable bonds is 10. The van der Waals surface area contributed by atoms with Crippen LogP contribution >= 0.6 is 0 Å². The minimum Gasteiger partial charge on any atom is -0.459 e. The average Bonchev–Trinajstić information content (AvgIpc) is 3.36. The maximum Gasteiger partial charge on any atom is 0.329 e. The Morgan fingerprint density at radius 3 is 2.31 bits per heavy atom. The molecule has 1 aliphatic heterocycles. The Hall–Kier alpha value is -2.70. The van der Waals surface area contributed by atoms with Crippen LogP contribution in [0.15, 0.2) is 60.7 Å². The van der Waals surface area contributed by atoms with Crippen LogP contribution in [-0.4, -0.2) is 43.7 Å². The molecule has 0 spiro atoms. The zero-order valence-electron chi connectivity index (χ0n) is 19.1. The molecule has 0 radical (unpaired) electrons. The van der Waals surface area contributed by atoms with Crippen LogP contribution in [0.4, 0.5) is 0 Å². The van der Waals surface area contributed by atoms with Gasteiger partial charge in [-0.05, 0) is 30.5 Å². The van der Waals surface area contributed by atoms with E-state index in [-0.39, 0.29) is 30.6 Å². The van der Waals surface area contributed by atoms with E-state index in [0.29, 0.717) is 0 Å². The summed E-state index contributed by atoms with van der Waals surface area (Å²) in [5.74, 6) is -1.32. The van der Waals surface area contributed by atoms with Crippen LogP contribution in [0.2, 0.25) is 0 Å². The van der Waals surface area contributed by atoms with Crippen molar-refractivity contribution in [2.75, 3.05) is 13.7 Å². The fourth-order valence-electron chi connectivity index (χ4n) is 4.30. The number of hydrogen-bond donors (Lipinski definition) is 2. The van der Waals surface area contributed by atoms with Gasteiger partial charge in [0.1, 0.15) is 12.6 Å². The third kappa shape index (κ3) is 6.17. The monoisotopic (exact) mass is 438 g/mol. The minimum atomic E-state index is -0.801. The summed E-state index contributed by atoms with van der Waals surface area (Å²) in [4.78, 5) is 26.3. The van der Waals surface area contributed by atoms with E-state index in [4.69, 9.17) is 9.47 Å². The lowest BCUT2D eigenvalue weighted by Crippen LogP contribution is -2.51. The van der Waals surface area contributed by atoms with Crippen LogP contribution in [-0.2, 0) is 25.7 Å². The van der Waals surface area contributed by atoms with Crippen molar-refractivity contribution in [2.45, 2.75) is 57.4 Å². The zero-order valence-corrected chi connectivity index (χ0v) is 19.1. The molecule has 0 saturated carbocycles. The van der Waals surface area contributed by atoms with Crippen molar-refractivity contribution in [1.82, 2.24) is 10.6 Å². The van der Waals surface area contributed by atoms with E-state index >= 15 is 0 Å². The highest BCUT2D eigenvalue weighted by atomic mass is 16.5. The topological polar surface area (TPSA) is 76.7 Å². The minimum absolute atomic E-state index is 0.135. The molecule has 0 bridgehead atoms. The normalized spacial score (nSPS) is 19.5. The molecule has 1 fully saturated rings. The van der Waals surface area contributed by atoms with Gasteiger partial charge in [-0.1, -0.05) is 74.5 Å². The summed E-state index contributed by atoms with van der Waals surface area (Å²) in [6.45, 7) is 4.87. The third-order valence-electron chi connectivity index (χ3n) is 6.27. The number of hydrogen-bond acceptors (Lipinski definition) is 5. The summed E-state index contributed by atoms with van der Waals surface area (Å²) >= 11 is 0. The van der Waals surface area contributed by atoms with Crippen LogP contribution in [0.5, 0.6) is 0 Å². The van der Waals surface area contributed by atoms with Gasteiger partial charge in [0.2, 0.25) is 5.91 Å². The summed E-state index contributed by atoms with van der Waals surface area (Å²) in [7, 11) is 1.63. The lowest BCUT2D eigenvalue weighted by molar-refractivity contribution is -0.150. The maximum absolute atomic E-state index is 13.2. The first kappa shape index (κ1) is 24.0. The molecule has 1 aliphatic rings. The predicted octanol–water partition coefficient (Wildman–Crippen LogP) is 3.42. The molecular weight excluding hydrogens is 404 g/mol. The van der Waals surface area contributed by atoms with Crippen LogP contribution in [0.3, 0.4) is 0 Å². The second kappa shape index (κ2) is 11.8. The number of benzene rings is 2. The molecule has 1 amide bonds. The molecule has 6 heteroatoms. The number of carbonyl (C=O) groups is 2. The number of nitrogens with one attached hydrogen (secondary N) is 2. The van der Waals surface area contributed by atoms with Crippen molar-refractivity contribution in [2.24, 2.45) is 5.92 Å². The van der Waals surface area contributed by atoms with Gasteiger partial charge >= 0.3 is 5.97 Å². The van der Waals surface area contributed by atoms with Crippen LogP contribution < -0.4 is 10.6 Å². The zero-order chi connectivity index (χ0) is 22.9. The lowest BCUT2D eigenvalue weighted by atomic mass is 9.91. The second-order valence-corrected chi connectivity index (χ2v) is 8.47. The fourth-order valence-corrected chi connectivity index (χ4v) is 4.30. The standard InChI is InChI=1S/C26H34N2O4/c1-18(21-13-8-5-9-14-21)23(26(30)32-17-20-11-6-4-7-12-20)28-25(29)19(2)24(31-3)22-15-10-16-27-22/h4-9,11-14,18-19,22-24,27H,10,15-17H2,1-3H3,(H,28,29). The van der Waals surface area contributed by atoms with Crippen molar-refractivity contribution in [3.8, 4) is 0 Å². The molecule has 2 aromatic carbocycles. The van der Waals surface area contributed by atoms with E-state index in [2.05, 4.69) is 10.6 Å². The van der Waals surface area contributed by atoms with Crippen molar-refractivity contribution >= 4 is 11.9 Å².